The standard InChI is InChI=1S/C32H32FN7O3/c33-25-15-21(17-34)1-5-28(25)39-9-7-22-3-6-30(36-27(22)19-39)38-12-10-37(11-13-38)20-31-35-26-4-2-23(32(41)42)16-29(26)40(31)18-24-8-14-43-24/h1-6,15-16,24H,7-14,18-20H2,(H,41,42). The summed E-state index contributed by atoms with van der Waals surface area (Å²) in [6, 6.07) is 16.0. The molecule has 2 aromatic heterocycles. The largest absolute Gasteiger partial charge is 0.478 e. The number of halogens is 1. The molecule has 3 aliphatic heterocycles. The molecule has 2 aromatic carbocycles. The number of nitriles is 1. The van der Waals surface area contributed by atoms with Crippen LogP contribution in [-0.4, -0.2) is 75.9 Å². The van der Waals surface area contributed by atoms with Crippen molar-refractivity contribution in [2.45, 2.75) is 38.6 Å². The normalized spacial score (nSPS) is 18.7. The topological polar surface area (TPSA) is 111 Å². The maximum atomic E-state index is 14.7. The van der Waals surface area contributed by atoms with Gasteiger partial charge in [0.05, 0.1) is 65.3 Å². The van der Waals surface area contributed by atoms with Gasteiger partial charge < -0.3 is 24.2 Å². The lowest BCUT2D eigenvalue weighted by atomic mass is 10.0. The number of carboxylic acids is 1. The number of carbonyl (C=O) groups is 1. The van der Waals surface area contributed by atoms with E-state index >= 15 is 0 Å². The molecular weight excluding hydrogens is 549 g/mol. The molecule has 1 N–H and O–H groups in total. The number of pyridine rings is 1. The Morgan fingerprint density at radius 1 is 1.05 bits per heavy atom. The van der Waals surface area contributed by atoms with Crippen molar-refractivity contribution in [2.24, 2.45) is 0 Å². The molecule has 0 radical (unpaired) electrons. The minimum atomic E-state index is -0.947. The summed E-state index contributed by atoms with van der Waals surface area (Å²) < 4.78 is 22.5. The van der Waals surface area contributed by atoms with Gasteiger partial charge in [-0.2, -0.15) is 5.26 Å². The second-order valence-electron chi connectivity index (χ2n) is 11.4. The summed E-state index contributed by atoms with van der Waals surface area (Å²) in [4.78, 5) is 28.2. The number of fused-ring (bicyclic) bond motifs is 2. The summed E-state index contributed by atoms with van der Waals surface area (Å²) in [7, 11) is 0. The highest BCUT2D eigenvalue weighted by Crippen LogP contribution is 2.29. The molecule has 0 aliphatic carbocycles. The number of benzene rings is 2. The van der Waals surface area contributed by atoms with Crippen molar-refractivity contribution in [3.05, 3.63) is 82.6 Å². The Bertz CT molecular complexity index is 1740. The molecule has 2 fully saturated rings. The molecule has 43 heavy (non-hydrogen) atoms. The molecule has 5 heterocycles. The van der Waals surface area contributed by atoms with E-state index in [0.717, 1.165) is 74.0 Å². The third kappa shape index (κ3) is 5.40. The first kappa shape index (κ1) is 27.3. The number of anilines is 2. The number of imidazole rings is 1. The first-order valence-electron chi connectivity index (χ1n) is 14.7. The maximum absolute atomic E-state index is 14.7. The maximum Gasteiger partial charge on any atom is 0.335 e. The summed E-state index contributed by atoms with van der Waals surface area (Å²) in [6.07, 6.45) is 1.90. The molecule has 1 unspecified atom stereocenters. The lowest BCUT2D eigenvalue weighted by Crippen LogP contribution is -2.46. The summed E-state index contributed by atoms with van der Waals surface area (Å²) in [5.74, 6) is 0.516. The smallest absolute Gasteiger partial charge is 0.335 e. The van der Waals surface area contributed by atoms with E-state index in [1.54, 1.807) is 30.3 Å². The quantitative estimate of drug-likeness (QED) is 0.348. The number of piperazine rings is 1. The van der Waals surface area contributed by atoms with Gasteiger partial charge in [0.15, 0.2) is 0 Å². The predicted molar refractivity (Wildman–Crippen MR) is 159 cm³/mol. The lowest BCUT2D eigenvalue weighted by molar-refractivity contribution is -0.0592. The molecular formula is C32H32FN7O3. The van der Waals surface area contributed by atoms with Gasteiger partial charge in [-0.25, -0.2) is 19.2 Å². The van der Waals surface area contributed by atoms with E-state index < -0.39 is 5.97 Å². The van der Waals surface area contributed by atoms with E-state index in [1.165, 1.54) is 11.6 Å². The van der Waals surface area contributed by atoms with Crippen LogP contribution in [0.1, 0.15) is 39.4 Å². The number of hydrogen-bond acceptors (Lipinski definition) is 8. The Morgan fingerprint density at radius 2 is 1.88 bits per heavy atom. The highest BCUT2D eigenvalue weighted by atomic mass is 19.1. The molecule has 4 aromatic rings. The molecule has 0 spiro atoms. The molecule has 0 saturated carbocycles. The van der Waals surface area contributed by atoms with Crippen LogP contribution >= 0.6 is 0 Å². The van der Waals surface area contributed by atoms with E-state index in [1.807, 2.05) is 11.0 Å². The van der Waals surface area contributed by atoms with E-state index in [-0.39, 0.29) is 17.5 Å². The number of ether oxygens (including phenoxy) is 1. The minimum absolute atomic E-state index is 0.126. The Kier molecular flexibility index (Phi) is 7.16. The van der Waals surface area contributed by atoms with Gasteiger partial charge in [0, 0.05) is 39.3 Å². The number of aromatic nitrogens is 3. The minimum Gasteiger partial charge on any atom is -0.478 e. The van der Waals surface area contributed by atoms with E-state index in [4.69, 9.17) is 20.0 Å². The third-order valence-corrected chi connectivity index (χ3v) is 8.78. The molecule has 2 saturated heterocycles. The number of rotatable bonds is 7. The Labute approximate surface area is 248 Å². The first-order chi connectivity index (χ1) is 20.9. The van der Waals surface area contributed by atoms with Crippen molar-refractivity contribution in [3.8, 4) is 6.07 Å². The van der Waals surface area contributed by atoms with Crippen molar-refractivity contribution >= 4 is 28.5 Å². The van der Waals surface area contributed by atoms with Gasteiger partial charge in [-0.3, -0.25) is 4.90 Å². The van der Waals surface area contributed by atoms with Crippen molar-refractivity contribution in [3.63, 3.8) is 0 Å². The predicted octanol–water partition coefficient (Wildman–Crippen LogP) is 3.81. The lowest BCUT2D eigenvalue weighted by Gasteiger charge is -2.36. The van der Waals surface area contributed by atoms with Crippen LogP contribution in [0.5, 0.6) is 0 Å². The highest BCUT2D eigenvalue weighted by Gasteiger charge is 2.26. The highest BCUT2D eigenvalue weighted by molar-refractivity contribution is 5.92. The number of nitrogens with zero attached hydrogens (tertiary/aromatic N) is 7. The van der Waals surface area contributed by atoms with Crippen LogP contribution in [0.15, 0.2) is 48.5 Å². The zero-order valence-electron chi connectivity index (χ0n) is 23.7. The van der Waals surface area contributed by atoms with Crippen molar-refractivity contribution in [1.29, 1.82) is 5.26 Å². The molecule has 0 bridgehead atoms. The van der Waals surface area contributed by atoms with Crippen LogP contribution < -0.4 is 9.80 Å². The number of aromatic carboxylic acids is 1. The third-order valence-electron chi connectivity index (χ3n) is 8.78. The van der Waals surface area contributed by atoms with Gasteiger partial charge in [0.25, 0.3) is 0 Å². The summed E-state index contributed by atoms with van der Waals surface area (Å²) in [5, 5.41) is 18.6. The Balaban J connectivity index is 1.04. The van der Waals surface area contributed by atoms with E-state index in [9.17, 15) is 14.3 Å². The molecule has 7 rings (SSSR count). The van der Waals surface area contributed by atoms with E-state index in [0.29, 0.717) is 37.4 Å². The average molecular weight is 582 g/mol. The van der Waals surface area contributed by atoms with Gasteiger partial charge in [0.2, 0.25) is 0 Å². The van der Waals surface area contributed by atoms with Crippen LogP contribution in [0.25, 0.3) is 11.0 Å². The van der Waals surface area contributed by atoms with Gasteiger partial charge in [-0.05, 0) is 60.9 Å². The van der Waals surface area contributed by atoms with E-state index in [2.05, 4.69) is 26.5 Å². The second-order valence-corrected chi connectivity index (χ2v) is 11.4. The van der Waals surface area contributed by atoms with Crippen LogP contribution in [0.4, 0.5) is 15.9 Å². The molecule has 0 amide bonds. The first-order valence-corrected chi connectivity index (χ1v) is 14.7. The summed E-state index contributed by atoms with van der Waals surface area (Å²) >= 11 is 0. The van der Waals surface area contributed by atoms with Crippen molar-refractivity contribution in [1.82, 2.24) is 19.4 Å². The van der Waals surface area contributed by atoms with Gasteiger partial charge >= 0.3 is 5.97 Å². The Morgan fingerprint density at radius 3 is 2.60 bits per heavy atom. The molecule has 3 aliphatic rings. The van der Waals surface area contributed by atoms with Crippen LogP contribution in [0, 0.1) is 17.1 Å². The van der Waals surface area contributed by atoms with Crippen molar-refractivity contribution < 1.29 is 19.0 Å². The van der Waals surface area contributed by atoms with Crippen LogP contribution in [0.3, 0.4) is 0 Å². The Hall–Kier alpha value is -4.53. The van der Waals surface area contributed by atoms with Crippen LogP contribution in [0.2, 0.25) is 0 Å². The van der Waals surface area contributed by atoms with Crippen molar-refractivity contribution in [2.75, 3.05) is 49.1 Å². The van der Waals surface area contributed by atoms with Gasteiger partial charge in [-0.1, -0.05) is 6.07 Å². The molecule has 11 heteroatoms. The monoisotopic (exact) mass is 581 g/mol. The second kappa shape index (κ2) is 11.3. The summed E-state index contributed by atoms with van der Waals surface area (Å²) in [6.45, 7) is 6.62. The van der Waals surface area contributed by atoms with Gasteiger partial charge in [0.1, 0.15) is 17.5 Å². The van der Waals surface area contributed by atoms with Crippen LogP contribution in [-0.2, 0) is 30.8 Å². The molecule has 10 nitrogen and oxygen atoms in total. The fraction of sp³-hybridized carbons (Fsp3) is 0.375. The fourth-order valence-corrected chi connectivity index (χ4v) is 6.21. The number of hydrogen-bond donors (Lipinski definition) is 1. The molecule has 220 valence electrons. The summed E-state index contributed by atoms with van der Waals surface area (Å²) in [5.41, 5.74) is 4.85. The average Bonchev–Trinajstić information content (AvgIpc) is 3.34. The number of carboxylic acid groups (broad SMARTS) is 1. The SMILES string of the molecule is N#Cc1ccc(N2CCc3ccc(N4CCN(Cc5nc6ccc(C(=O)O)cc6n5CC5CCO5)CC4)nc3C2)c(F)c1. The zero-order chi connectivity index (χ0) is 29.5. The fourth-order valence-electron chi connectivity index (χ4n) is 6.21. The zero-order valence-corrected chi connectivity index (χ0v) is 23.7. The van der Waals surface area contributed by atoms with Gasteiger partial charge in [-0.15, -0.1) is 0 Å². The molecule has 1 atom stereocenters.